The maximum Gasteiger partial charge on any atom is 0.262 e. The van der Waals surface area contributed by atoms with Gasteiger partial charge < -0.3 is 19.7 Å². The van der Waals surface area contributed by atoms with Gasteiger partial charge in [-0.25, -0.2) is 0 Å². The summed E-state index contributed by atoms with van der Waals surface area (Å²) in [7, 11) is 3.72. The van der Waals surface area contributed by atoms with E-state index in [-0.39, 0.29) is 24.7 Å². The maximum absolute atomic E-state index is 13.1. The third kappa shape index (κ3) is 7.12. The molecule has 2 heterocycles. The Morgan fingerprint density at radius 2 is 1.94 bits per heavy atom. The Morgan fingerprint density at radius 3 is 2.65 bits per heavy atom. The van der Waals surface area contributed by atoms with Crippen molar-refractivity contribution >= 4 is 34.6 Å². The van der Waals surface area contributed by atoms with E-state index in [1.165, 1.54) is 22.5 Å². The molecule has 0 aliphatic carbocycles. The van der Waals surface area contributed by atoms with Crippen LogP contribution in [-0.4, -0.2) is 69.7 Å². The van der Waals surface area contributed by atoms with Gasteiger partial charge in [-0.2, -0.15) is 0 Å². The van der Waals surface area contributed by atoms with Crippen LogP contribution in [0.4, 0.5) is 0 Å². The van der Waals surface area contributed by atoms with E-state index < -0.39 is 6.04 Å². The first-order valence-corrected chi connectivity index (χ1v) is 11.6. The minimum absolute atomic E-state index is 0.0842. The number of nitrogens with one attached hydrogen (secondary N) is 1. The van der Waals surface area contributed by atoms with Gasteiger partial charge in [-0.3, -0.25) is 9.59 Å². The molecule has 6 nitrogen and oxygen atoms in total. The van der Waals surface area contributed by atoms with Gasteiger partial charge >= 0.3 is 0 Å². The predicted molar refractivity (Wildman–Crippen MR) is 123 cm³/mol. The molecule has 1 aliphatic rings. The normalized spacial score (nSPS) is 15.2. The highest BCUT2D eigenvalue weighted by Crippen LogP contribution is 2.22. The summed E-state index contributed by atoms with van der Waals surface area (Å²) < 4.78 is 11.1. The molecule has 0 bridgehead atoms. The largest absolute Gasteiger partial charge is 0.382 e. The zero-order valence-electron chi connectivity index (χ0n) is 18.0. The highest BCUT2D eigenvalue weighted by molar-refractivity contribution is 7.18. The number of hydrogen-bond donors (Lipinski definition) is 1. The first kappa shape index (κ1) is 23.9. The van der Waals surface area contributed by atoms with Crippen molar-refractivity contribution < 1.29 is 19.1 Å². The van der Waals surface area contributed by atoms with Crippen LogP contribution >= 0.6 is 22.9 Å². The fourth-order valence-electron chi connectivity index (χ4n) is 3.55. The van der Waals surface area contributed by atoms with E-state index in [0.29, 0.717) is 22.4 Å². The fraction of sp³-hybridized carbons (Fsp3) is 0.478. The van der Waals surface area contributed by atoms with Crippen LogP contribution in [0.5, 0.6) is 0 Å². The SMILES string of the molecule is COCCOCC(NC(=O)c1ccc(Cl)s1)C(=O)Cc1ccc2c(c1)CCN(C)CC2. The molecule has 2 aromatic rings. The number of likely N-dealkylation sites (N-methyl/N-ethyl adjacent to an activating group) is 1. The molecule has 3 rings (SSSR count). The summed E-state index contributed by atoms with van der Waals surface area (Å²) in [5.41, 5.74) is 3.62. The zero-order chi connectivity index (χ0) is 22.2. The molecule has 0 saturated carbocycles. The number of carbonyl (C=O) groups excluding carboxylic acids is 2. The van der Waals surface area contributed by atoms with E-state index in [9.17, 15) is 9.59 Å². The van der Waals surface area contributed by atoms with Crippen LogP contribution in [0.25, 0.3) is 0 Å². The van der Waals surface area contributed by atoms with Crippen molar-refractivity contribution in [3.8, 4) is 0 Å². The molecule has 1 amide bonds. The van der Waals surface area contributed by atoms with Gasteiger partial charge in [0.25, 0.3) is 5.91 Å². The van der Waals surface area contributed by atoms with Gasteiger partial charge in [0.1, 0.15) is 6.04 Å². The molecule has 1 aliphatic heterocycles. The Morgan fingerprint density at radius 1 is 1.16 bits per heavy atom. The summed E-state index contributed by atoms with van der Waals surface area (Å²) in [5, 5.41) is 2.81. The van der Waals surface area contributed by atoms with Gasteiger partial charge in [-0.05, 0) is 48.7 Å². The van der Waals surface area contributed by atoms with Crippen molar-refractivity contribution in [3.05, 3.63) is 56.2 Å². The Kier molecular flexibility index (Phi) is 9.04. The molecule has 0 spiro atoms. The fourth-order valence-corrected chi connectivity index (χ4v) is 4.50. The number of fused-ring (bicyclic) bond motifs is 1. The van der Waals surface area contributed by atoms with Gasteiger partial charge in [0.15, 0.2) is 5.78 Å². The first-order valence-electron chi connectivity index (χ1n) is 10.4. The van der Waals surface area contributed by atoms with Crippen LogP contribution in [0.2, 0.25) is 4.34 Å². The Bertz CT molecular complexity index is 901. The number of ether oxygens (including phenoxy) is 2. The molecule has 1 atom stereocenters. The Balaban J connectivity index is 1.67. The lowest BCUT2D eigenvalue weighted by Crippen LogP contribution is -2.44. The van der Waals surface area contributed by atoms with E-state index in [0.717, 1.165) is 31.5 Å². The number of nitrogens with zero attached hydrogens (tertiary/aromatic N) is 1. The second-order valence-corrected chi connectivity index (χ2v) is 9.46. The summed E-state index contributed by atoms with van der Waals surface area (Å²) in [6.07, 6.45) is 2.25. The van der Waals surface area contributed by atoms with Crippen molar-refractivity contribution in [2.24, 2.45) is 0 Å². The lowest BCUT2D eigenvalue weighted by atomic mass is 9.96. The van der Waals surface area contributed by atoms with Crippen LogP contribution in [0.15, 0.2) is 30.3 Å². The number of halogens is 1. The van der Waals surface area contributed by atoms with E-state index >= 15 is 0 Å². The van der Waals surface area contributed by atoms with Crippen molar-refractivity contribution in [1.82, 2.24) is 10.2 Å². The monoisotopic (exact) mass is 464 g/mol. The number of Topliss-reactive ketones (excluding diaryl/α,β-unsaturated/α-hetero) is 1. The molecule has 0 fully saturated rings. The molecular formula is C23H29ClN2O4S. The lowest BCUT2D eigenvalue weighted by molar-refractivity contribution is -0.121. The average molecular weight is 465 g/mol. The topological polar surface area (TPSA) is 67.9 Å². The Labute approximate surface area is 192 Å². The molecule has 1 aromatic carbocycles. The average Bonchev–Trinajstić information content (AvgIpc) is 3.11. The van der Waals surface area contributed by atoms with Crippen LogP contribution < -0.4 is 5.32 Å². The maximum atomic E-state index is 13.1. The van der Waals surface area contributed by atoms with Gasteiger partial charge in [-0.15, -0.1) is 11.3 Å². The minimum atomic E-state index is -0.741. The van der Waals surface area contributed by atoms with Crippen LogP contribution in [0, 0.1) is 0 Å². The third-order valence-electron chi connectivity index (χ3n) is 5.38. The van der Waals surface area contributed by atoms with Crippen LogP contribution in [0.1, 0.15) is 26.4 Å². The molecule has 31 heavy (non-hydrogen) atoms. The quantitative estimate of drug-likeness (QED) is 0.547. The molecule has 0 radical (unpaired) electrons. The molecular weight excluding hydrogens is 436 g/mol. The van der Waals surface area contributed by atoms with Crippen molar-refractivity contribution in [2.45, 2.75) is 25.3 Å². The minimum Gasteiger partial charge on any atom is -0.382 e. The summed E-state index contributed by atoms with van der Waals surface area (Å²) >= 11 is 7.12. The number of methoxy groups -OCH3 is 1. The summed E-state index contributed by atoms with van der Waals surface area (Å²) in [6.45, 7) is 2.94. The van der Waals surface area contributed by atoms with E-state index in [1.807, 2.05) is 6.07 Å². The first-order chi connectivity index (χ1) is 15.0. The summed E-state index contributed by atoms with van der Waals surface area (Å²) in [5.74, 6) is -0.408. The zero-order valence-corrected chi connectivity index (χ0v) is 19.6. The molecule has 1 N–H and O–H groups in total. The number of rotatable bonds is 10. The van der Waals surface area contributed by atoms with Gasteiger partial charge in [0.2, 0.25) is 0 Å². The van der Waals surface area contributed by atoms with Crippen LogP contribution in [-0.2, 0) is 33.5 Å². The smallest absolute Gasteiger partial charge is 0.262 e. The van der Waals surface area contributed by atoms with Gasteiger partial charge in [0, 0.05) is 26.6 Å². The summed E-state index contributed by atoms with van der Waals surface area (Å²) in [6, 6.07) is 8.87. The predicted octanol–water partition coefficient (Wildman–Crippen LogP) is 3.01. The van der Waals surface area contributed by atoms with Crippen molar-refractivity contribution in [1.29, 1.82) is 0 Å². The highest BCUT2D eigenvalue weighted by atomic mass is 35.5. The van der Waals surface area contributed by atoms with E-state index in [2.05, 4.69) is 29.4 Å². The van der Waals surface area contributed by atoms with Gasteiger partial charge in [0.05, 0.1) is 29.0 Å². The lowest BCUT2D eigenvalue weighted by Gasteiger charge is -2.18. The second-order valence-electron chi connectivity index (χ2n) is 7.75. The number of hydrogen-bond acceptors (Lipinski definition) is 6. The number of carbonyl (C=O) groups is 2. The Hall–Kier alpha value is -1.77. The van der Waals surface area contributed by atoms with E-state index in [4.69, 9.17) is 21.1 Å². The second kappa shape index (κ2) is 11.7. The van der Waals surface area contributed by atoms with Crippen LogP contribution in [0.3, 0.4) is 0 Å². The van der Waals surface area contributed by atoms with Crippen molar-refractivity contribution in [2.75, 3.05) is 47.1 Å². The number of thiophene rings is 1. The molecule has 1 unspecified atom stereocenters. The van der Waals surface area contributed by atoms with Crippen molar-refractivity contribution in [3.63, 3.8) is 0 Å². The molecule has 168 valence electrons. The number of benzene rings is 1. The third-order valence-corrected chi connectivity index (χ3v) is 6.61. The van der Waals surface area contributed by atoms with E-state index in [1.54, 1.807) is 19.2 Å². The molecule has 8 heteroatoms. The highest BCUT2D eigenvalue weighted by Gasteiger charge is 2.23. The number of amides is 1. The number of ketones is 1. The standard InChI is InChI=1S/C23H29ClN2O4S/c1-26-9-7-17-4-3-16(13-18(17)8-10-26)14-20(27)19(15-30-12-11-29-2)25-23(28)21-5-6-22(24)31-21/h3-6,13,19H,7-12,14-15H2,1-2H3,(H,25,28). The van der Waals surface area contributed by atoms with Gasteiger partial charge in [-0.1, -0.05) is 29.8 Å². The summed E-state index contributed by atoms with van der Waals surface area (Å²) in [4.78, 5) is 28.4. The molecule has 1 aromatic heterocycles. The molecule has 0 saturated heterocycles.